The first-order valence-electron chi connectivity index (χ1n) is 5.72. The molecule has 0 fully saturated rings. The van der Waals surface area contributed by atoms with Gasteiger partial charge in [0.2, 0.25) is 5.91 Å². The molecule has 0 aliphatic carbocycles. The van der Waals surface area contributed by atoms with Crippen molar-refractivity contribution in [3.8, 4) is 0 Å². The lowest BCUT2D eigenvalue weighted by Crippen LogP contribution is -2.31. The molecule has 0 radical (unpaired) electrons. The average molecular weight is 216 g/mol. The first-order valence-corrected chi connectivity index (χ1v) is 5.72. The second-order valence-electron chi connectivity index (χ2n) is 3.70. The van der Waals surface area contributed by atoms with E-state index in [1.54, 1.807) is 0 Å². The number of carbonyl (C=O) groups is 1. The van der Waals surface area contributed by atoms with Crippen LogP contribution in [0, 0.1) is 0 Å². The Balaban J connectivity index is 3.62. The van der Waals surface area contributed by atoms with Gasteiger partial charge in [-0.15, -0.1) is 0 Å². The fourth-order valence-electron chi connectivity index (χ4n) is 1.52. The molecule has 0 aliphatic heterocycles. The van der Waals surface area contributed by atoms with E-state index in [4.69, 9.17) is 5.11 Å². The van der Waals surface area contributed by atoms with Crippen molar-refractivity contribution in [2.45, 2.75) is 26.7 Å². The molecule has 0 unspecified atom stereocenters. The first-order chi connectivity index (χ1) is 7.15. The summed E-state index contributed by atoms with van der Waals surface area (Å²) < 4.78 is 0. The molecule has 0 saturated carbocycles. The lowest BCUT2D eigenvalue weighted by Gasteiger charge is -2.19. The minimum absolute atomic E-state index is 0.181. The molecule has 0 spiro atoms. The minimum atomic E-state index is 0.181. The van der Waals surface area contributed by atoms with Gasteiger partial charge in [0.25, 0.3) is 0 Å². The molecule has 4 nitrogen and oxygen atoms in total. The van der Waals surface area contributed by atoms with Crippen molar-refractivity contribution in [2.24, 2.45) is 0 Å². The Morgan fingerprint density at radius 1 is 1.20 bits per heavy atom. The summed E-state index contributed by atoms with van der Waals surface area (Å²) in [7, 11) is 1.96. The van der Waals surface area contributed by atoms with Crippen LogP contribution in [0.2, 0.25) is 0 Å². The maximum Gasteiger partial charge on any atom is 0.222 e. The zero-order valence-corrected chi connectivity index (χ0v) is 10.2. The van der Waals surface area contributed by atoms with Crippen molar-refractivity contribution < 1.29 is 9.90 Å². The van der Waals surface area contributed by atoms with Crippen LogP contribution in [-0.2, 0) is 4.79 Å². The summed E-state index contributed by atoms with van der Waals surface area (Å²) in [6.07, 6.45) is 1.48. The van der Waals surface area contributed by atoms with Crippen molar-refractivity contribution in [3.63, 3.8) is 0 Å². The number of hydrogen-bond donors (Lipinski definition) is 1. The van der Waals surface area contributed by atoms with Crippen LogP contribution in [0.1, 0.15) is 26.7 Å². The van der Waals surface area contributed by atoms with Gasteiger partial charge in [0.05, 0.1) is 6.61 Å². The molecule has 90 valence electrons. The van der Waals surface area contributed by atoms with Crippen LogP contribution >= 0.6 is 0 Å². The zero-order chi connectivity index (χ0) is 11.7. The van der Waals surface area contributed by atoms with E-state index in [9.17, 15) is 4.79 Å². The summed E-state index contributed by atoms with van der Waals surface area (Å²) in [5, 5.41) is 8.69. The first kappa shape index (κ1) is 14.4. The van der Waals surface area contributed by atoms with Crippen LogP contribution < -0.4 is 0 Å². The highest BCUT2D eigenvalue weighted by Crippen LogP contribution is 1.99. The molecule has 0 aromatic heterocycles. The van der Waals surface area contributed by atoms with Gasteiger partial charge in [0.15, 0.2) is 0 Å². The highest BCUT2D eigenvalue weighted by Gasteiger charge is 2.08. The second-order valence-corrected chi connectivity index (χ2v) is 3.70. The smallest absolute Gasteiger partial charge is 0.222 e. The van der Waals surface area contributed by atoms with Crippen LogP contribution in [-0.4, -0.2) is 60.6 Å². The second kappa shape index (κ2) is 8.68. The predicted molar refractivity (Wildman–Crippen MR) is 61.7 cm³/mol. The number of nitrogens with zero attached hydrogens (tertiary/aromatic N) is 2. The van der Waals surface area contributed by atoms with Crippen LogP contribution in [0.5, 0.6) is 0 Å². The van der Waals surface area contributed by atoms with Crippen molar-refractivity contribution in [1.82, 2.24) is 9.80 Å². The lowest BCUT2D eigenvalue weighted by atomic mass is 10.2. The van der Waals surface area contributed by atoms with Crippen LogP contribution in [0.3, 0.4) is 0 Å². The van der Waals surface area contributed by atoms with Gasteiger partial charge in [-0.05, 0) is 33.9 Å². The number of hydrogen-bond acceptors (Lipinski definition) is 3. The molecule has 0 atom stereocenters. The van der Waals surface area contributed by atoms with Gasteiger partial charge in [-0.2, -0.15) is 0 Å². The molecule has 0 aromatic rings. The van der Waals surface area contributed by atoms with E-state index in [1.165, 1.54) is 0 Å². The van der Waals surface area contributed by atoms with E-state index >= 15 is 0 Å². The SMILES string of the molecule is CCN(CC)C(=O)CCCN(C)CCO. The van der Waals surface area contributed by atoms with Crippen molar-refractivity contribution in [2.75, 3.05) is 39.8 Å². The molecule has 1 N–H and O–H groups in total. The molecule has 4 heteroatoms. The molecule has 0 heterocycles. The normalized spacial score (nSPS) is 10.7. The molecule has 0 aromatic carbocycles. The Hall–Kier alpha value is -0.610. The van der Waals surface area contributed by atoms with Crippen LogP contribution in [0.15, 0.2) is 0 Å². The maximum atomic E-state index is 11.6. The lowest BCUT2D eigenvalue weighted by molar-refractivity contribution is -0.130. The monoisotopic (exact) mass is 216 g/mol. The minimum Gasteiger partial charge on any atom is -0.395 e. The van der Waals surface area contributed by atoms with Gasteiger partial charge in [-0.3, -0.25) is 4.79 Å². The Labute approximate surface area is 92.9 Å². The summed E-state index contributed by atoms with van der Waals surface area (Å²) in [4.78, 5) is 15.5. The summed E-state index contributed by atoms with van der Waals surface area (Å²) in [5.41, 5.74) is 0. The van der Waals surface area contributed by atoms with E-state index in [-0.39, 0.29) is 12.5 Å². The molecular formula is C11H24N2O2. The number of rotatable bonds is 8. The Kier molecular flexibility index (Phi) is 8.33. The summed E-state index contributed by atoms with van der Waals surface area (Å²) in [5.74, 6) is 0.234. The van der Waals surface area contributed by atoms with Crippen LogP contribution in [0.4, 0.5) is 0 Å². The van der Waals surface area contributed by atoms with Gasteiger partial charge in [0.1, 0.15) is 0 Å². The fourth-order valence-corrected chi connectivity index (χ4v) is 1.52. The Morgan fingerprint density at radius 3 is 2.27 bits per heavy atom. The largest absolute Gasteiger partial charge is 0.395 e. The van der Waals surface area contributed by atoms with Crippen molar-refractivity contribution in [1.29, 1.82) is 0 Å². The van der Waals surface area contributed by atoms with Gasteiger partial charge >= 0.3 is 0 Å². The third kappa shape index (κ3) is 6.47. The van der Waals surface area contributed by atoms with E-state index in [0.717, 1.165) is 26.1 Å². The van der Waals surface area contributed by atoms with Gasteiger partial charge < -0.3 is 14.9 Å². The number of aliphatic hydroxyl groups is 1. The zero-order valence-electron chi connectivity index (χ0n) is 10.2. The molecule has 1 amide bonds. The van der Waals surface area contributed by atoms with Gasteiger partial charge in [0, 0.05) is 26.1 Å². The van der Waals surface area contributed by atoms with E-state index in [2.05, 4.69) is 0 Å². The summed E-state index contributed by atoms with van der Waals surface area (Å²) in [6.45, 7) is 7.32. The number of aliphatic hydroxyl groups excluding tert-OH is 1. The summed E-state index contributed by atoms with van der Waals surface area (Å²) >= 11 is 0. The quantitative estimate of drug-likeness (QED) is 0.645. The standard InChI is InChI=1S/C11H24N2O2/c1-4-13(5-2)11(15)7-6-8-12(3)9-10-14/h14H,4-10H2,1-3H3. The number of carbonyl (C=O) groups excluding carboxylic acids is 1. The molecule has 0 saturated heterocycles. The Morgan fingerprint density at radius 2 is 1.80 bits per heavy atom. The van der Waals surface area contributed by atoms with Gasteiger partial charge in [-0.25, -0.2) is 0 Å². The highest BCUT2D eigenvalue weighted by molar-refractivity contribution is 5.76. The average Bonchev–Trinajstić information content (AvgIpc) is 2.20. The highest BCUT2D eigenvalue weighted by atomic mass is 16.3. The third-order valence-corrected chi connectivity index (χ3v) is 2.53. The van der Waals surface area contributed by atoms with Crippen LogP contribution in [0.25, 0.3) is 0 Å². The molecule has 0 bridgehead atoms. The number of amides is 1. The molecular weight excluding hydrogens is 192 g/mol. The van der Waals surface area contributed by atoms with E-state index in [1.807, 2.05) is 30.7 Å². The topological polar surface area (TPSA) is 43.8 Å². The molecule has 0 rings (SSSR count). The predicted octanol–water partition coefficient (Wildman–Crippen LogP) is 0.559. The van der Waals surface area contributed by atoms with Crippen molar-refractivity contribution in [3.05, 3.63) is 0 Å². The summed E-state index contributed by atoms with van der Waals surface area (Å²) in [6, 6.07) is 0. The Bertz CT molecular complexity index is 170. The molecule has 0 aliphatic rings. The van der Waals surface area contributed by atoms with Gasteiger partial charge in [-0.1, -0.05) is 0 Å². The van der Waals surface area contributed by atoms with Crippen molar-refractivity contribution >= 4 is 5.91 Å². The van der Waals surface area contributed by atoms with E-state index in [0.29, 0.717) is 13.0 Å². The van der Waals surface area contributed by atoms with E-state index < -0.39 is 0 Å². The number of likely N-dealkylation sites (N-methyl/N-ethyl adjacent to an activating group) is 1. The third-order valence-electron chi connectivity index (χ3n) is 2.53. The molecule has 15 heavy (non-hydrogen) atoms. The maximum absolute atomic E-state index is 11.6. The fraction of sp³-hybridized carbons (Fsp3) is 0.909.